The van der Waals surface area contributed by atoms with Gasteiger partial charge in [-0.1, -0.05) is 47.7 Å². The van der Waals surface area contributed by atoms with Crippen molar-refractivity contribution in [3.8, 4) is 10.6 Å². The van der Waals surface area contributed by atoms with E-state index in [-0.39, 0.29) is 24.0 Å². The van der Waals surface area contributed by atoms with E-state index < -0.39 is 0 Å². The third-order valence-electron chi connectivity index (χ3n) is 3.48. The lowest BCUT2D eigenvalue weighted by Crippen LogP contribution is -2.13. The number of rotatable bonds is 6. The molecule has 1 aromatic heterocycles. The van der Waals surface area contributed by atoms with Crippen molar-refractivity contribution in [2.75, 3.05) is 11.2 Å². The smallest absolute Gasteiger partial charge is 0.239 e. The van der Waals surface area contributed by atoms with Gasteiger partial charge in [0.15, 0.2) is 5.78 Å². The standard InChI is InChI=1S/C18H13BrClN3O2S/c19-13-7-6-12(8-14(13)21-16(25)10-20)15(24)9-17-22-23-18(26-17)11-4-2-1-3-5-11/h1-8H,9-10H2,(H,21,25). The van der Waals surface area contributed by atoms with E-state index in [0.717, 1.165) is 10.6 Å². The van der Waals surface area contributed by atoms with Crippen molar-refractivity contribution in [1.82, 2.24) is 10.2 Å². The summed E-state index contributed by atoms with van der Waals surface area (Å²) >= 11 is 10.2. The second-order valence-corrected chi connectivity index (χ2v) is 7.53. The van der Waals surface area contributed by atoms with Crippen molar-refractivity contribution in [2.24, 2.45) is 0 Å². The summed E-state index contributed by atoms with van der Waals surface area (Å²) in [5.41, 5.74) is 1.96. The molecule has 0 spiro atoms. The highest BCUT2D eigenvalue weighted by Gasteiger charge is 2.14. The molecule has 132 valence electrons. The summed E-state index contributed by atoms with van der Waals surface area (Å²) in [6.07, 6.45) is 0.148. The molecular weight excluding hydrogens is 438 g/mol. The first-order valence-corrected chi connectivity index (χ1v) is 9.77. The van der Waals surface area contributed by atoms with Crippen LogP contribution in [0.25, 0.3) is 10.6 Å². The van der Waals surface area contributed by atoms with E-state index in [1.165, 1.54) is 11.3 Å². The van der Waals surface area contributed by atoms with Crippen LogP contribution in [0.5, 0.6) is 0 Å². The van der Waals surface area contributed by atoms with Gasteiger partial charge in [-0.3, -0.25) is 9.59 Å². The fourth-order valence-electron chi connectivity index (χ4n) is 2.24. The molecule has 0 aliphatic carbocycles. The molecule has 0 fully saturated rings. The second-order valence-electron chi connectivity index (χ2n) is 5.34. The third kappa shape index (κ3) is 4.55. The molecule has 1 amide bonds. The summed E-state index contributed by atoms with van der Waals surface area (Å²) in [5.74, 6) is -0.597. The second kappa shape index (κ2) is 8.53. The maximum atomic E-state index is 12.6. The van der Waals surface area contributed by atoms with Gasteiger partial charge in [-0.2, -0.15) is 0 Å². The van der Waals surface area contributed by atoms with Gasteiger partial charge >= 0.3 is 0 Å². The van der Waals surface area contributed by atoms with Crippen LogP contribution < -0.4 is 5.32 Å². The first kappa shape index (κ1) is 18.7. The summed E-state index contributed by atoms with van der Waals surface area (Å²) < 4.78 is 0.676. The predicted molar refractivity (Wildman–Crippen MR) is 107 cm³/mol. The highest BCUT2D eigenvalue weighted by atomic mass is 79.9. The highest BCUT2D eigenvalue weighted by molar-refractivity contribution is 9.10. The largest absolute Gasteiger partial charge is 0.324 e. The Morgan fingerprint density at radius 3 is 2.62 bits per heavy atom. The number of Topliss-reactive ketones (excluding diaryl/α,β-unsaturated/α-hetero) is 1. The number of hydrogen-bond acceptors (Lipinski definition) is 5. The topological polar surface area (TPSA) is 72.0 Å². The lowest BCUT2D eigenvalue weighted by Gasteiger charge is -2.08. The van der Waals surface area contributed by atoms with Gasteiger partial charge in [0, 0.05) is 15.6 Å². The Morgan fingerprint density at radius 1 is 1.12 bits per heavy atom. The Kier molecular flexibility index (Phi) is 6.13. The molecular formula is C18H13BrClN3O2S. The summed E-state index contributed by atoms with van der Waals surface area (Å²) in [5, 5.41) is 12.3. The third-order valence-corrected chi connectivity index (χ3v) is 5.39. The summed E-state index contributed by atoms with van der Waals surface area (Å²) in [7, 11) is 0. The first-order valence-electron chi connectivity index (χ1n) is 7.63. The minimum Gasteiger partial charge on any atom is -0.324 e. The number of amides is 1. The normalized spacial score (nSPS) is 10.5. The van der Waals surface area contributed by atoms with Gasteiger partial charge < -0.3 is 5.32 Å². The molecule has 3 aromatic rings. The number of nitrogens with one attached hydrogen (secondary N) is 1. The molecule has 0 aliphatic rings. The van der Waals surface area contributed by atoms with Crippen LogP contribution in [-0.4, -0.2) is 27.8 Å². The predicted octanol–water partition coefficient (Wildman–Crippen LogP) is 4.57. The molecule has 1 N–H and O–H groups in total. The number of carbonyl (C=O) groups is 2. The van der Waals surface area contributed by atoms with E-state index in [9.17, 15) is 9.59 Å². The van der Waals surface area contributed by atoms with E-state index in [1.807, 2.05) is 30.3 Å². The van der Waals surface area contributed by atoms with Crippen molar-refractivity contribution in [3.05, 3.63) is 63.6 Å². The van der Waals surface area contributed by atoms with Crippen LogP contribution in [0, 0.1) is 0 Å². The zero-order valence-electron chi connectivity index (χ0n) is 13.4. The summed E-state index contributed by atoms with van der Waals surface area (Å²) in [4.78, 5) is 24.0. The fourth-order valence-corrected chi connectivity index (χ4v) is 3.50. The van der Waals surface area contributed by atoms with Gasteiger partial charge in [-0.15, -0.1) is 21.8 Å². The molecule has 5 nitrogen and oxygen atoms in total. The number of aromatic nitrogens is 2. The number of benzene rings is 2. The molecule has 0 radical (unpaired) electrons. The number of halogens is 2. The number of hydrogen-bond donors (Lipinski definition) is 1. The Balaban J connectivity index is 1.75. The SMILES string of the molecule is O=C(CCl)Nc1cc(C(=O)Cc2nnc(-c3ccccc3)s2)ccc1Br. The van der Waals surface area contributed by atoms with Crippen molar-refractivity contribution >= 4 is 56.2 Å². The lowest BCUT2D eigenvalue weighted by molar-refractivity contribution is -0.113. The molecule has 8 heteroatoms. The molecule has 0 atom stereocenters. The maximum absolute atomic E-state index is 12.6. The number of nitrogens with zero attached hydrogens (tertiary/aromatic N) is 2. The summed E-state index contributed by atoms with van der Waals surface area (Å²) in [6, 6.07) is 14.7. The van der Waals surface area contributed by atoms with Gasteiger partial charge in [-0.25, -0.2) is 0 Å². The van der Waals surface area contributed by atoms with Gasteiger partial charge in [0.05, 0.1) is 12.1 Å². The Morgan fingerprint density at radius 2 is 1.88 bits per heavy atom. The Hall–Kier alpha value is -2.09. The fraction of sp³-hybridized carbons (Fsp3) is 0.111. The quantitative estimate of drug-likeness (QED) is 0.441. The average molecular weight is 451 g/mol. The molecule has 1 heterocycles. The number of carbonyl (C=O) groups excluding carboxylic acids is 2. The monoisotopic (exact) mass is 449 g/mol. The summed E-state index contributed by atoms with van der Waals surface area (Å²) in [6.45, 7) is 0. The van der Waals surface area contributed by atoms with E-state index in [4.69, 9.17) is 11.6 Å². The minimum absolute atomic E-state index is 0.102. The molecule has 0 aliphatic heterocycles. The van der Waals surface area contributed by atoms with Gasteiger partial charge in [0.1, 0.15) is 15.9 Å². The van der Waals surface area contributed by atoms with Crippen LogP contribution in [0.2, 0.25) is 0 Å². The highest BCUT2D eigenvalue weighted by Crippen LogP contribution is 2.26. The van der Waals surface area contributed by atoms with Crippen LogP contribution in [0.3, 0.4) is 0 Å². The molecule has 0 saturated carbocycles. The Bertz CT molecular complexity index is 947. The van der Waals surface area contributed by atoms with E-state index in [1.54, 1.807) is 18.2 Å². The molecule has 3 rings (SSSR count). The number of alkyl halides is 1. The lowest BCUT2D eigenvalue weighted by atomic mass is 10.1. The van der Waals surface area contributed by atoms with E-state index >= 15 is 0 Å². The van der Waals surface area contributed by atoms with Crippen molar-refractivity contribution in [3.63, 3.8) is 0 Å². The zero-order chi connectivity index (χ0) is 18.5. The zero-order valence-corrected chi connectivity index (χ0v) is 16.6. The van der Waals surface area contributed by atoms with Crippen molar-refractivity contribution in [1.29, 1.82) is 0 Å². The van der Waals surface area contributed by atoms with E-state index in [2.05, 4.69) is 31.4 Å². The van der Waals surface area contributed by atoms with Crippen LogP contribution in [0.4, 0.5) is 5.69 Å². The van der Waals surface area contributed by atoms with E-state index in [0.29, 0.717) is 20.7 Å². The first-order chi connectivity index (χ1) is 12.6. The number of ketones is 1. The number of anilines is 1. The molecule has 0 saturated heterocycles. The molecule has 26 heavy (non-hydrogen) atoms. The Labute approximate surface area is 167 Å². The van der Waals surface area contributed by atoms with Gasteiger partial charge in [-0.05, 0) is 28.1 Å². The van der Waals surface area contributed by atoms with Crippen LogP contribution in [0.15, 0.2) is 53.0 Å². The van der Waals surface area contributed by atoms with Gasteiger partial charge in [0.25, 0.3) is 0 Å². The average Bonchev–Trinajstić information content (AvgIpc) is 3.12. The van der Waals surface area contributed by atoms with Crippen molar-refractivity contribution in [2.45, 2.75) is 6.42 Å². The molecule has 0 unspecified atom stereocenters. The maximum Gasteiger partial charge on any atom is 0.239 e. The van der Waals surface area contributed by atoms with Crippen molar-refractivity contribution < 1.29 is 9.59 Å². The molecule has 2 aromatic carbocycles. The van der Waals surface area contributed by atoms with Gasteiger partial charge in [0.2, 0.25) is 5.91 Å². The molecule has 0 bridgehead atoms. The van der Waals surface area contributed by atoms with Crippen LogP contribution in [-0.2, 0) is 11.2 Å². The minimum atomic E-state index is -0.339. The van der Waals surface area contributed by atoms with Crippen LogP contribution in [0.1, 0.15) is 15.4 Å². The van der Waals surface area contributed by atoms with Crippen LogP contribution >= 0.6 is 38.9 Å².